The van der Waals surface area contributed by atoms with Crippen molar-refractivity contribution in [3.8, 4) is 0 Å². The Labute approximate surface area is 114 Å². The number of hydrogen-bond acceptors (Lipinski definition) is 4. The molecule has 2 atom stereocenters. The summed E-state index contributed by atoms with van der Waals surface area (Å²) in [6, 6.07) is 4.15. The summed E-state index contributed by atoms with van der Waals surface area (Å²) < 4.78 is 0. The molecule has 104 valence electrons. The van der Waals surface area contributed by atoms with Gasteiger partial charge in [0.15, 0.2) is 0 Å². The largest absolute Gasteiger partial charge is 0.355 e. The first-order chi connectivity index (χ1) is 9.24. The van der Waals surface area contributed by atoms with Crippen molar-refractivity contribution in [1.29, 1.82) is 0 Å². The van der Waals surface area contributed by atoms with Gasteiger partial charge in [-0.3, -0.25) is 14.7 Å². The Morgan fingerprint density at radius 2 is 2.32 bits per heavy atom. The summed E-state index contributed by atoms with van der Waals surface area (Å²) in [5.41, 5.74) is 1.20. The number of carbonyl (C=O) groups excluding carboxylic acids is 1. The minimum Gasteiger partial charge on any atom is -0.355 e. The monoisotopic (exact) mass is 262 g/mol. The highest BCUT2D eigenvalue weighted by Gasteiger charge is 2.31. The zero-order chi connectivity index (χ0) is 13.7. The summed E-state index contributed by atoms with van der Waals surface area (Å²) in [6.07, 6.45) is 3.60. The third-order valence-corrected chi connectivity index (χ3v) is 3.62. The quantitative estimate of drug-likeness (QED) is 0.832. The molecule has 1 aliphatic heterocycles. The zero-order valence-corrected chi connectivity index (χ0v) is 11.6. The fraction of sp³-hybridized carbons (Fsp3) is 0.571. The van der Waals surface area contributed by atoms with Crippen molar-refractivity contribution in [3.05, 3.63) is 30.1 Å². The fourth-order valence-electron chi connectivity index (χ4n) is 2.55. The second-order valence-electron chi connectivity index (χ2n) is 4.81. The standard InChI is InChI=1S/C14H22N4O/c1-3-17-14(19)13-10-16-8-9-18(13)11(2)12-4-6-15-7-5-12/h4-7,11,13,16H,3,8-10H2,1-2H3,(H,17,19). The van der Waals surface area contributed by atoms with Crippen LogP contribution in [0.25, 0.3) is 0 Å². The van der Waals surface area contributed by atoms with Gasteiger partial charge in [-0.15, -0.1) is 0 Å². The van der Waals surface area contributed by atoms with E-state index in [9.17, 15) is 4.79 Å². The van der Waals surface area contributed by atoms with Gasteiger partial charge >= 0.3 is 0 Å². The van der Waals surface area contributed by atoms with E-state index < -0.39 is 0 Å². The molecule has 2 rings (SSSR count). The third-order valence-electron chi connectivity index (χ3n) is 3.62. The topological polar surface area (TPSA) is 57.3 Å². The van der Waals surface area contributed by atoms with Crippen LogP contribution in [0.4, 0.5) is 0 Å². The Kier molecular flexibility index (Phi) is 4.87. The van der Waals surface area contributed by atoms with Crippen molar-refractivity contribution in [2.45, 2.75) is 25.9 Å². The van der Waals surface area contributed by atoms with Crippen LogP contribution in [0.2, 0.25) is 0 Å². The van der Waals surface area contributed by atoms with Crippen LogP contribution in [0.5, 0.6) is 0 Å². The average molecular weight is 262 g/mol. The molecule has 1 aliphatic rings. The Morgan fingerprint density at radius 3 is 3.00 bits per heavy atom. The predicted octanol–water partition coefficient (Wildman–Crippen LogP) is 0.553. The summed E-state index contributed by atoms with van der Waals surface area (Å²) in [5, 5.41) is 6.21. The van der Waals surface area contributed by atoms with Gasteiger partial charge in [0, 0.05) is 44.6 Å². The number of hydrogen-bond donors (Lipinski definition) is 2. The summed E-state index contributed by atoms with van der Waals surface area (Å²) in [5.74, 6) is 0.107. The number of carbonyl (C=O) groups is 1. The van der Waals surface area contributed by atoms with Crippen LogP contribution in [0.15, 0.2) is 24.5 Å². The molecule has 2 heterocycles. The molecule has 1 aromatic rings. The SMILES string of the molecule is CCNC(=O)C1CNCCN1C(C)c1ccncc1. The molecule has 5 nitrogen and oxygen atoms in total. The van der Waals surface area contributed by atoms with Crippen LogP contribution in [-0.2, 0) is 4.79 Å². The first-order valence-corrected chi connectivity index (χ1v) is 6.88. The van der Waals surface area contributed by atoms with Crippen molar-refractivity contribution >= 4 is 5.91 Å². The molecular weight excluding hydrogens is 240 g/mol. The van der Waals surface area contributed by atoms with E-state index in [0.29, 0.717) is 13.1 Å². The summed E-state index contributed by atoms with van der Waals surface area (Å²) in [7, 11) is 0. The van der Waals surface area contributed by atoms with Gasteiger partial charge in [-0.25, -0.2) is 0 Å². The molecule has 1 saturated heterocycles. The second kappa shape index (κ2) is 6.63. The van der Waals surface area contributed by atoms with Crippen LogP contribution >= 0.6 is 0 Å². The lowest BCUT2D eigenvalue weighted by Crippen LogP contribution is -2.58. The summed E-state index contributed by atoms with van der Waals surface area (Å²) >= 11 is 0. The highest BCUT2D eigenvalue weighted by Crippen LogP contribution is 2.22. The van der Waals surface area contributed by atoms with Gasteiger partial charge in [0.05, 0.1) is 0 Å². The van der Waals surface area contributed by atoms with Crippen molar-refractivity contribution in [2.75, 3.05) is 26.2 Å². The number of likely N-dealkylation sites (N-methyl/N-ethyl adjacent to an activating group) is 1. The van der Waals surface area contributed by atoms with Crippen LogP contribution in [-0.4, -0.2) is 48.0 Å². The normalized spacial score (nSPS) is 21.9. The zero-order valence-electron chi connectivity index (χ0n) is 11.6. The second-order valence-corrected chi connectivity index (χ2v) is 4.81. The fourth-order valence-corrected chi connectivity index (χ4v) is 2.55. The van der Waals surface area contributed by atoms with Gasteiger partial charge in [-0.1, -0.05) is 0 Å². The number of nitrogens with zero attached hydrogens (tertiary/aromatic N) is 2. The first kappa shape index (κ1) is 14.0. The Hall–Kier alpha value is -1.46. The number of rotatable bonds is 4. The molecule has 1 amide bonds. The third kappa shape index (κ3) is 3.30. The van der Waals surface area contributed by atoms with E-state index in [1.54, 1.807) is 12.4 Å². The average Bonchev–Trinajstić information content (AvgIpc) is 2.47. The Morgan fingerprint density at radius 1 is 1.58 bits per heavy atom. The van der Waals surface area contributed by atoms with E-state index in [-0.39, 0.29) is 18.0 Å². The van der Waals surface area contributed by atoms with E-state index in [4.69, 9.17) is 0 Å². The van der Waals surface area contributed by atoms with E-state index in [1.807, 2.05) is 19.1 Å². The van der Waals surface area contributed by atoms with E-state index in [0.717, 1.165) is 13.1 Å². The number of amides is 1. The molecule has 0 bridgehead atoms. The molecule has 0 spiro atoms. The minimum absolute atomic E-state index is 0.100. The maximum atomic E-state index is 12.1. The molecule has 0 aromatic carbocycles. The van der Waals surface area contributed by atoms with E-state index in [2.05, 4.69) is 27.4 Å². The van der Waals surface area contributed by atoms with Crippen molar-refractivity contribution in [3.63, 3.8) is 0 Å². The van der Waals surface area contributed by atoms with Crippen molar-refractivity contribution in [1.82, 2.24) is 20.5 Å². The summed E-state index contributed by atoms with van der Waals surface area (Å²) in [6.45, 7) is 7.28. The molecule has 19 heavy (non-hydrogen) atoms. The van der Waals surface area contributed by atoms with Crippen molar-refractivity contribution < 1.29 is 4.79 Å². The maximum absolute atomic E-state index is 12.1. The molecule has 2 N–H and O–H groups in total. The van der Waals surface area contributed by atoms with Crippen molar-refractivity contribution in [2.24, 2.45) is 0 Å². The summed E-state index contributed by atoms with van der Waals surface area (Å²) in [4.78, 5) is 18.4. The molecule has 5 heteroatoms. The molecule has 1 fully saturated rings. The number of aromatic nitrogens is 1. The molecular formula is C14H22N4O. The first-order valence-electron chi connectivity index (χ1n) is 6.88. The number of nitrogens with one attached hydrogen (secondary N) is 2. The highest BCUT2D eigenvalue weighted by molar-refractivity contribution is 5.82. The highest BCUT2D eigenvalue weighted by atomic mass is 16.2. The minimum atomic E-state index is -0.100. The number of pyridine rings is 1. The maximum Gasteiger partial charge on any atom is 0.238 e. The Balaban J connectivity index is 2.13. The van der Waals surface area contributed by atoms with Gasteiger partial charge in [-0.05, 0) is 31.5 Å². The van der Waals surface area contributed by atoms with Gasteiger partial charge in [0.2, 0.25) is 5.91 Å². The lowest BCUT2D eigenvalue weighted by atomic mass is 10.0. The lowest BCUT2D eigenvalue weighted by Gasteiger charge is -2.39. The van der Waals surface area contributed by atoms with E-state index >= 15 is 0 Å². The van der Waals surface area contributed by atoms with Gasteiger partial charge in [0.25, 0.3) is 0 Å². The molecule has 0 radical (unpaired) electrons. The lowest BCUT2D eigenvalue weighted by molar-refractivity contribution is -0.128. The van der Waals surface area contributed by atoms with Crippen LogP contribution in [0.3, 0.4) is 0 Å². The van der Waals surface area contributed by atoms with Gasteiger partial charge < -0.3 is 10.6 Å². The Bertz CT molecular complexity index is 409. The van der Waals surface area contributed by atoms with Crippen LogP contribution < -0.4 is 10.6 Å². The molecule has 2 unspecified atom stereocenters. The van der Waals surface area contributed by atoms with Crippen LogP contribution in [0.1, 0.15) is 25.5 Å². The van der Waals surface area contributed by atoms with Crippen LogP contribution in [0, 0.1) is 0 Å². The smallest absolute Gasteiger partial charge is 0.238 e. The molecule has 0 saturated carbocycles. The van der Waals surface area contributed by atoms with E-state index in [1.165, 1.54) is 5.56 Å². The molecule has 1 aromatic heterocycles. The predicted molar refractivity (Wildman–Crippen MR) is 74.7 cm³/mol. The molecule has 0 aliphatic carbocycles. The van der Waals surface area contributed by atoms with Gasteiger partial charge in [0.1, 0.15) is 6.04 Å². The number of piperazine rings is 1. The van der Waals surface area contributed by atoms with Gasteiger partial charge in [-0.2, -0.15) is 0 Å².